The molecule has 4 aliphatic rings. The third kappa shape index (κ3) is 5.60. The summed E-state index contributed by atoms with van der Waals surface area (Å²) in [5.41, 5.74) is 1.44. The highest BCUT2D eigenvalue weighted by molar-refractivity contribution is 5.07. The highest BCUT2D eigenvalue weighted by Gasteiger charge is 2.52. The Morgan fingerprint density at radius 1 is 0.655 bits per heavy atom. The minimum Gasteiger partial charge on any atom is -0.198 e. The van der Waals surface area contributed by atoms with Crippen molar-refractivity contribution in [1.82, 2.24) is 0 Å². The van der Waals surface area contributed by atoms with Gasteiger partial charge in [-0.25, -0.2) is 0 Å². The first-order valence-electron chi connectivity index (χ1n) is 13.5. The first-order valence-corrected chi connectivity index (χ1v) is 13.5. The molecule has 0 aromatic heterocycles. The van der Waals surface area contributed by atoms with Gasteiger partial charge in [0.25, 0.3) is 0 Å². The van der Waals surface area contributed by atoms with Gasteiger partial charge < -0.3 is 0 Å². The van der Waals surface area contributed by atoms with Gasteiger partial charge in [-0.05, 0) is 93.8 Å². The lowest BCUT2D eigenvalue weighted by Crippen LogP contribution is -2.47. The molecule has 4 rings (SSSR count). The van der Waals surface area contributed by atoms with Gasteiger partial charge in [0.1, 0.15) is 0 Å². The molecule has 1 heteroatoms. The van der Waals surface area contributed by atoms with Crippen LogP contribution in [0.25, 0.3) is 0 Å². The van der Waals surface area contributed by atoms with Gasteiger partial charge in [0.2, 0.25) is 0 Å². The fraction of sp³-hybridized carbons (Fsp3) is 0.964. The number of unbranched alkanes of at least 4 members (excludes halogenated alkanes) is 7. The number of fused-ring (bicyclic) bond motifs is 3. The van der Waals surface area contributed by atoms with E-state index in [2.05, 4.69) is 19.9 Å². The van der Waals surface area contributed by atoms with E-state index in [1.165, 1.54) is 135 Å². The van der Waals surface area contributed by atoms with Crippen LogP contribution in [0.2, 0.25) is 0 Å². The Kier molecular flexibility index (Phi) is 8.53. The van der Waals surface area contributed by atoms with Gasteiger partial charge in [0, 0.05) is 0 Å². The van der Waals surface area contributed by atoms with Crippen LogP contribution in [0.1, 0.15) is 149 Å². The maximum atomic E-state index is 9.97. The third-order valence-electron chi connectivity index (χ3n) is 9.83. The SMILES string of the molecule is CCCCCCCC1(C#N)CCC(C23CCC(CCCCCC)(CC2)CC3)CC1. The summed E-state index contributed by atoms with van der Waals surface area (Å²) in [4.78, 5) is 0. The van der Waals surface area contributed by atoms with Crippen molar-refractivity contribution < 1.29 is 0 Å². The fourth-order valence-electron chi connectivity index (χ4n) is 7.47. The number of hydrogen-bond donors (Lipinski definition) is 0. The lowest BCUT2D eigenvalue weighted by Gasteiger charge is -2.58. The first-order chi connectivity index (χ1) is 14.1. The van der Waals surface area contributed by atoms with Gasteiger partial charge in [-0.2, -0.15) is 5.26 Å². The van der Waals surface area contributed by atoms with Gasteiger partial charge >= 0.3 is 0 Å². The van der Waals surface area contributed by atoms with E-state index < -0.39 is 0 Å². The number of rotatable bonds is 12. The largest absolute Gasteiger partial charge is 0.198 e. The number of nitriles is 1. The van der Waals surface area contributed by atoms with Gasteiger partial charge in [-0.3, -0.25) is 0 Å². The molecule has 0 heterocycles. The molecule has 0 N–H and O–H groups in total. The van der Waals surface area contributed by atoms with E-state index in [0.29, 0.717) is 5.41 Å². The zero-order valence-corrected chi connectivity index (χ0v) is 19.9. The Bertz CT molecular complexity index is 494. The van der Waals surface area contributed by atoms with Crippen LogP contribution in [0.15, 0.2) is 0 Å². The predicted molar refractivity (Wildman–Crippen MR) is 125 cm³/mol. The van der Waals surface area contributed by atoms with Crippen molar-refractivity contribution in [3.63, 3.8) is 0 Å². The predicted octanol–water partition coefficient (Wildman–Crippen LogP) is 9.36. The summed E-state index contributed by atoms with van der Waals surface area (Å²) in [6.07, 6.45) is 29.3. The molecular weight excluding hydrogens is 350 g/mol. The van der Waals surface area contributed by atoms with E-state index >= 15 is 0 Å². The summed E-state index contributed by atoms with van der Waals surface area (Å²) in [6, 6.07) is 2.81. The van der Waals surface area contributed by atoms with Gasteiger partial charge in [-0.1, -0.05) is 71.6 Å². The molecule has 166 valence electrons. The second-order valence-corrected chi connectivity index (χ2v) is 11.5. The molecule has 2 bridgehead atoms. The smallest absolute Gasteiger partial charge is 0.0689 e. The quantitative estimate of drug-likeness (QED) is 0.300. The van der Waals surface area contributed by atoms with Crippen molar-refractivity contribution in [2.45, 2.75) is 149 Å². The summed E-state index contributed by atoms with van der Waals surface area (Å²) >= 11 is 0. The second kappa shape index (κ2) is 10.7. The van der Waals surface area contributed by atoms with Gasteiger partial charge in [0.15, 0.2) is 0 Å². The summed E-state index contributed by atoms with van der Waals surface area (Å²) in [5.74, 6) is 0.933. The van der Waals surface area contributed by atoms with Crippen molar-refractivity contribution in [2.75, 3.05) is 0 Å². The first kappa shape index (κ1) is 23.2. The van der Waals surface area contributed by atoms with E-state index in [1.54, 1.807) is 0 Å². The van der Waals surface area contributed by atoms with Crippen LogP contribution in [-0.2, 0) is 0 Å². The van der Waals surface area contributed by atoms with E-state index in [9.17, 15) is 5.26 Å². The Labute approximate surface area is 182 Å². The Hall–Kier alpha value is -0.510. The van der Waals surface area contributed by atoms with E-state index in [-0.39, 0.29) is 5.41 Å². The van der Waals surface area contributed by atoms with Gasteiger partial charge in [-0.15, -0.1) is 0 Å². The number of hydrogen-bond acceptors (Lipinski definition) is 1. The third-order valence-corrected chi connectivity index (χ3v) is 9.83. The maximum absolute atomic E-state index is 9.97. The molecule has 4 fully saturated rings. The molecule has 29 heavy (non-hydrogen) atoms. The molecular formula is C28H49N. The molecule has 4 aliphatic carbocycles. The van der Waals surface area contributed by atoms with Crippen LogP contribution in [0.5, 0.6) is 0 Å². The Morgan fingerprint density at radius 3 is 1.72 bits per heavy atom. The second-order valence-electron chi connectivity index (χ2n) is 11.5. The Morgan fingerprint density at radius 2 is 1.17 bits per heavy atom. The molecule has 0 aromatic carbocycles. The van der Waals surface area contributed by atoms with Crippen molar-refractivity contribution in [2.24, 2.45) is 22.2 Å². The van der Waals surface area contributed by atoms with Crippen molar-refractivity contribution in [1.29, 1.82) is 5.26 Å². The summed E-state index contributed by atoms with van der Waals surface area (Å²) in [6.45, 7) is 4.61. The van der Waals surface area contributed by atoms with E-state index in [1.807, 2.05) is 0 Å². The van der Waals surface area contributed by atoms with Crippen LogP contribution in [0, 0.1) is 33.5 Å². The minimum absolute atomic E-state index is 0.0335. The van der Waals surface area contributed by atoms with Gasteiger partial charge in [0.05, 0.1) is 11.5 Å². The van der Waals surface area contributed by atoms with Crippen molar-refractivity contribution in [3.8, 4) is 6.07 Å². The lowest BCUT2D eigenvalue weighted by atomic mass is 9.47. The topological polar surface area (TPSA) is 23.8 Å². The molecule has 0 amide bonds. The normalized spacial score (nSPS) is 36.8. The standard InChI is InChI=1S/C28H49N/c1-3-5-7-9-11-15-27(24-29)16-12-25(13-17-27)28-21-18-26(19-22-28,20-23-28)14-10-8-6-4-2/h25H,3-23H2,1-2H3. The summed E-state index contributed by atoms with van der Waals surface area (Å²) in [7, 11) is 0. The minimum atomic E-state index is 0.0335. The van der Waals surface area contributed by atoms with Crippen LogP contribution < -0.4 is 0 Å². The zero-order chi connectivity index (χ0) is 20.6. The molecule has 4 saturated carbocycles. The molecule has 0 spiro atoms. The lowest BCUT2D eigenvalue weighted by molar-refractivity contribution is -0.0690. The number of nitrogens with zero attached hydrogens (tertiary/aromatic N) is 1. The average Bonchev–Trinajstić information content (AvgIpc) is 2.78. The highest BCUT2D eigenvalue weighted by atomic mass is 14.6. The Balaban J connectivity index is 1.45. The molecule has 0 aliphatic heterocycles. The monoisotopic (exact) mass is 399 g/mol. The molecule has 0 atom stereocenters. The van der Waals surface area contributed by atoms with E-state index in [0.717, 1.165) is 11.3 Å². The zero-order valence-electron chi connectivity index (χ0n) is 19.9. The van der Waals surface area contributed by atoms with Crippen LogP contribution >= 0.6 is 0 Å². The molecule has 0 aromatic rings. The summed E-state index contributed by atoms with van der Waals surface area (Å²) < 4.78 is 0. The molecule has 0 saturated heterocycles. The van der Waals surface area contributed by atoms with Crippen molar-refractivity contribution >= 4 is 0 Å². The summed E-state index contributed by atoms with van der Waals surface area (Å²) in [5, 5.41) is 9.97. The van der Waals surface area contributed by atoms with Crippen LogP contribution in [0.3, 0.4) is 0 Å². The molecule has 0 radical (unpaired) electrons. The van der Waals surface area contributed by atoms with Crippen LogP contribution in [-0.4, -0.2) is 0 Å². The highest BCUT2D eigenvalue weighted by Crippen LogP contribution is 2.64. The fourth-order valence-corrected chi connectivity index (χ4v) is 7.47. The van der Waals surface area contributed by atoms with Crippen molar-refractivity contribution in [3.05, 3.63) is 0 Å². The average molecular weight is 400 g/mol. The maximum Gasteiger partial charge on any atom is 0.0689 e. The molecule has 1 nitrogen and oxygen atoms in total. The van der Waals surface area contributed by atoms with E-state index in [4.69, 9.17) is 0 Å². The van der Waals surface area contributed by atoms with Crippen LogP contribution in [0.4, 0.5) is 0 Å². The molecule has 0 unspecified atom stereocenters.